The number of imidazole rings is 1. The molecule has 1 aliphatic rings. The highest BCUT2D eigenvalue weighted by Gasteiger charge is 2.25. The standard InChI is InChI=1S/C18H11BrFN3O2/c19-13-4-2-1-3-11(13)16-12-7-10(20)5-6-14(12)23-9-22-17(18(24)25)15(23)8-21-16/h1-7,9H,8H2,(H,24,25). The molecule has 0 fully saturated rings. The summed E-state index contributed by atoms with van der Waals surface area (Å²) in [5.74, 6) is -1.50. The molecule has 0 unspecified atom stereocenters. The number of hydrogen-bond acceptors (Lipinski definition) is 3. The van der Waals surface area contributed by atoms with Crippen molar-refractivity contribution in [2.45, 2.75) is 6.54 Å². The number of fused-ring (bicyclic) bond motifs is 3. The van der Waals surface area contributed by atoms with E-state index >= 15 is 0 Å². The number of aromatic carboxylic acids is 1. The average Bonchev–Trinajstić information content (AvgIpc) is 2.94. The van der Waals surface area contributed by atoms with Gasteiger partial charge in [0.2, 0.25) is 0 Å². The molecule has 1 aliphatic heterocycles. The van der Waals surface area contributed by atoms with Gasteiger partial charge in [0.05, 0.1) is 23.6 Å². The fraction of sp³-hybridized carbons (Fsp3) is 0.0556. The van der Waals surface area contributed by atoms with Crippen LogP contribution in [0.15, 0.2) is 58.3 Å². The molecular weight excluding hydrogens is 389 g/mol. The number of nitrogens with zero attached hydrogens (tertiary/aromatic N) is 3. The predicted octanol–water partition coefficient (Wildman–Crippen LogP) is 3.82. The van der Waals surface area contributed by atoms with E-state index in [1.165, 1.54) is 18.5 Å². The zero-order chi connectivity index (χ0) is 17.6. The molecule has 0 amide bonds. The second-order valence-corrected chi connectivity index (χ2v) is 6.38. The Kier molecular flexibility index (Phi) is 3.73. The smallest absolute Gasteiger partial charge is 0.356 e. The maximum atomic E-state index is 13.9. The Bertz CT molecular complexity index is 1040. The van der Waals surface area contributed by atoms with Gasteiger partial charge in [-0.3, -0.25) is 9.56 Å². The molecule has 0 radical (unpaired) electrons. The summed E-state index contributed by atoms with van der Waals surface area (Å²) < 4.78 is 16.4. The summed E-state index contributed by atoms with van der Waals surface area (Å²) in [6, 6.07) is 11.9. The van der Waals surface area contributed by atoms with Crippen molar-refractivity contribution in [3.8, 4) is 5.69 Å². The van der Waals surface area contributed by atoms with Crippen LogP contribution in [0, 0.1) is 5.82 Å². The van der Waals surface area contributed by atoms with Crippen molar-refractivity contribution in [2.75, 3.05) is 0 Å². The fourth-order valence-electron chi connectivity index (χ4n) is 2.94. The first-order chi connectivity index (χ1) is 12.1. The fourth-order valence-corrected chi connectivity index (χ4v) is 3.41. The van der Waals surface area contributed by atoms with E-state index in [2.05, 4.69) is 25.9 Å². The lowest BCUT2D eigenvalue weighted by atomic mass is 10.0. The molecule has 0 aliphatic carbocycles. The van der Waals surface area contributed by atoms with Crippen LogP contribution < -0.4 is 0 Å². The zero-order valence-electron chi connectivity index (χ0n) is 12.8. The molecule has 1 aromatic heterocycles. The third-order valence-corrected chi connectivity index (χ3v) is 4.75. The van der Waals surface area contributed by atoms with Gasteiger partial charge >= 0.3 is 5.97 Å². The van der Waals surface area contributed by atoms with Gasteiger partial charge in [0, 0.05) is 15.6 Å². The minimum absolute atomic E-state index is 0.0487. The van der Waals surface area contributed by atoms with Gasteiger partial charge in [0.25, 0.3) is 0 Å². The van der Waals surface area contributed by atoms with Crippen LogP contribution in [0.4, 0.5) is 4.39 Å². The van der Waals surface area contributed by atoms with Crippen molar-refractivity contribution in [1.82, 2.24) is 9.55 Å². The second-order valence-electron chi connectivity index (χ2n) is 5.52. The lowest BCUT2D eigenvalue weighted by Crippen LogP contribution is -2.08. The summed E-state index contributed by atoms with van der Waals surface area (Å²) >= 11 is 3.50. The minimum Gasteiger partial charge on any atom is -0.476 e. The van der Waals surface area contributed by atoms with Crippen LogP contribution in [0.1, 0.15) is 27.3 Å². The zero-order valence-corrected chi connectivity index (χ0v) is 14.4. The Balaban J connectivity index is 2.01. The summed E-state index contributed by atoms with van der Waals surface area (Å²) in [5, 5.41) is 9.35. The molecule has 1 N–H and O–H groups in total. The number of halogens is 2. The first kappa shape index (κ1) is 15.7. The molecule has 2 heterocycles. The molecule has 0 atom stereocenters. The Morgan fingerprint density at radius 3 is 2.76 bits per heavy atom. The highest BCUT2D eigenvalue weighted by molar-refractivity contribution is 9.10. The third kappa shape index (κ3) is 2.56. The van der Waals surface area contributed by atoms with E-state index in [0.29, 0.717) is 22.7 Å². The van der Waals surface area contributed by atoms with Crippen LogP contribution >= 0.6 is 15.9 Å². The molecule has 4 rings (SSSR count). The topological polar surface area (TPSA) is 67.5 Å². The lowest BCUT2D eigenvalue weighted by Gasteiger charge is -2.12. The number of carbonyl (C=O) groups is 1. The molecule has 0 saturated carbocycles. The maximum Gasteiger partial charge on any atom is 0.356 e. The summed E-state index contributed by atoms with van der Waals surface area (Å²) in [5.41, 5.74) is 3.05. The van der Waals surface area contributed by atoms with Crippen LogP contribution in [0.2, 0.25) is 0 Å². The lowest BCUT2D eigenvalue weighted by molar-refractivity contribution is 0.0689. The summed E-state index contributed by atoms with van der Waals surface area (Å²) in [6.07, 6.45) is 1.44. The van der Waals surface area contributed by atoms with Crippen molar-refractivity contribution in [1.29, 1.82) is 0 Å². The molecule has 124 valence electrons. The molecule has 0 saturated heterocycles. The van der Waals surface area contributed by atoms with Gasteiger partial charge in [0.1, 0.15) is 12.1 Å². The normalized spacial score (nSPS) is 12.8. The van der Waals surface area contributed by atoms with Gasteiger partial charge in [0.15, 0.2) is 5.69 Å². The van der Waals surface area contributed by atoms with Crippen molar-refractivity contribution in [3.63, 3.8) is 0 Å². The molecule has 0 bridgehead atoms. The van der Waals surface area contributed by atoms with Gasteiger partial charge in [-0.2, -0.15) is 0 Å². The van der Waals surface area contributed by atoms with E-state index < -0.39 is 5.97 Å². The molecule has 7 heteroatoms. The summed E-state index contributed by atoms with van der Waals surface area (Å²) in [6.45, 7) is 0.134. The third-order valence-electron chi connectivity index (χ3n) is 4.06. The largest absolute Gasteiger partial charge is 0.476 e. The average molecular weight is 400 g/mol. The van der Waals surface area contributed by atoms with Gasteiger partial charge in [-0.15, -0.1) is 0 Å². The number of aromatic nitrogens is 2. The van der Waals surface area contributed by atoms with Gasteiger partial charge < -0.3 is 5.11 Å². The number of benzene rings is 2. The molecule has 0 spiro atoms. The second kappa shape index (κ2) is 5.93. The molecule has 5 nitrogen and oxygen atoms in total. The van der Waals surface area contributed by atoms with E-state index in [0.717, 1.165) is 10.0 Å². The molecular formula is C18H11BrFN3O2. The van der Waals surface area contributed by atoms with Gasteiger partial charge in [-0.05, 0) is 24.3 Å². The highest BCUT2D eigenvalue weighted by Crippen LogP contribution is 2.29. The number of aliphatic imine (C=N–C) groups is 1. The van der Waals surface area contributed by atoms with Crippen molar-refractivity contribution >= 4 is 27.6 Å². The number of rotatable bonds is 2. The van der Waals surface area contributed by atoms with Crippen LogP contribution in [-0.2, 0) is 6.54 Å². The first-order valence-electron chi connectivity index (χ1n) is 7.45. The maximum absolute atomic E-state index is 13.9. The number of hydrogen-bond donors (Lipinski definition) is 1. The monoisotopic (exact) mass is 399 g/mol. The minimum atomic E-state index is -1.11. The Morgan fingerprint density at radius 1 is 1.20 bits per heavy atom. The Labute approximate surface area is 150 Å². The number of carboxylic acids is 1. The summed E-state index contributed by atoms with van der Waals surface area (Å²) in [4.78, 5) is 20.0. The van der Waals surface area contributed by atoms with Crippen LogP contribution in [0.3, 0.4) is 0 Å². The SMILES string of the molecule is O=C(O)c1ncn2c1CN=C(c1ccccc1Br)c1cc(F)ccc1-2. The highest BCUT2D eigenvalue weighted by atomic mass is 79.9. The van der Waals surface area contributed by atoms with Crippen LogP contribution in [0.5, 0.6) is 0 Å². The molecule has 25 heavy (non-hydrogen) atoms. The predicted molar refractivity (Wildman–Crippen MR) is 94.0 cm³/mol. The Morgan fingerprint density at radius 2 is 2.00 bits per heavy atom. The van der Waals surface area contributed by atoms with Gasteiger partial charge in [-0.1, -0.05) is 34.1 Å². The molecule has 2 aromatic carbocycles. The number of carboxylic acid groups (broad SMARTS) is 1. The van der Waals surface area contributed by atoms with Gasteiger partial charge in [-0.25, -0.2) is 14.2 Å². The van der Waals surface area contributed by atoms with Crippen molar-refractivity contribution < 1.29 is 14.3 Å². The van der Waals surface area contributed by atoms with Crippen LogP contribution in [0.25, 0.3) is 5.69 Å². The van der Waals surface area contributed by atoms with E-state index in [1.807, 2.05) is 24.3 Å². The van der Waals surface area contributed by atoms with E-state index in [1.54, 1.807) is 10.6 Å². The van der Waals surface area contributed by atoms with E-state index in [-0.39, 0.29) is 18.1 Å². The van der Waals surface area contributed by atoms with Crippen molar-refractivity contribution in [3.05, 3.63) is 81.6 Å². The van der Waals surface area contributed by atoms with E-state index in [4.69, 9.17) is 0 Å². The van der Waals surface area contributed by atoms with Crippen molar-refractivity contribution in [2.24, 2.45) is 4.99 Å². The first-order valence-corrected chi connectivity index (χ1v) is 8.24. The molecule has 3 aromatic rings. The quantitative estimate of drug-likeness (QED) is 0.711. The summed E-state index contributed by atoms with van der Waals surface area (Å²) in [7, 11) is 0. The van der Waals surface area contributed by atoms with E-state index in [9.17, 15) is 14.3 Å². The Hall–Kier alpha value is -2.80. The van der Waals surface area contributed by atoms with Crippen LogP contribution in [-0.4, -0.2) is 26.3 Å².